The van der Waals surface area contributed by atoms with Crippen molar-refractivity contribution in [1.29, 1.82) is 0 Å². The second kappa shape index (κ2) is 9.37. The summed E-state index contributed by atoms with van der Waals surface area (Å²) in [6, 6.07) is 16.7. The van der Waals surface area contributed by atoms with E-state index in [0.29, 0.717) is 11.7 Å². The van der Waals surface area contributed by atoms with Crippen LogP contribution in [0.5, 0.6) is 0 Å². The molecule has 2 heterocycles. The Labute approximate surface area is 179 Å². The van der Waals surface area contributed by atoms with Crippen LogP contribution < -0.4 is 14.9 Å². The molecule has 1 atom stereocenters. The van der Waals surface area contributed by atoms with Gasteiger partial charge in [-0.25, -0.2) is 8.42 Å². The van der Waals surface area contributed by atoms with Crippen molar-refractivity contribution in [2.75, 3.05) is 41.6 Å². The number of piperidine rings is 1. The summed E-state index contributed by atoms with van der Waals surface area (Å²) in [6.45, 7) is 5.17. The number of fused-ring (bicyclic) bond motifs is 1. The van der Waals surface area contributed by atoms with Crippen LogP contribution in [-0.2, 0) is 21.2 Å². The first-order chi connectivity index (χ1) is 14.5. The highest BCUT2D eigenvalue weighted by atomic mass is 32.2. The van der Waals surface area contributed by atoms with Crippen molar-refractivity contribution in [3.05, 3.63) is 59.7 Å². The lowest BCUT2D eigenvalue weighted by molar-refractivity contribution is 0.0401. The van der Waals surface area contributed by atoms with Gasteiger partial charge >= 0.3 is 0 Å². The van der Waals surface area contributed by atoms with Crippen molar-refractivity contribution in [2.45, 2.75) is 38.3 Å². The van der Waals surface area contributed by atoms with Crippen LogP contribution >= 0.6 is 0 Å². The van der Waals surface area contributed by atoms with E-state index in [1.165, 1.54) is 11.1 Å². The van der Waals surface area contributed by atoms with Gasteiger partial charge in [0.15, 0.2) is 0 Å². The van der Waals surface area contributed by atoms with Crippen LogP contribution in [0.15, 0.2) is 48.5 Å². The summed E-state index contributed by atoms with van der Waals surface area (Å²) in [7, 11) is -3.26. The van der Waals surface area contributed by atoms with Crippen molar-refractivity contribution in [1.82, 2.24) is 5.32 Å². The Bertz CT molecular complexity index is 956. The number of hydrogen-bond donors (Lipinski definition) is 2. The fourth-order valence-corrected chi connectivity index (χ4v) is 4.91. The van der Waals surface area contributed by atoms with Gasteiger partial charge in [0, 0.05) is 31.4 Å². The smallest absolute Gasteiger partial charge is 0.232 e. The molecule has 2 aliphatic rings. The first kappa shape index (κ1) is 21.2. The van der Waals surface area contributed by atoms with Crippen molar-refractivity contribution in [2.24, 2.45) is 0 Å². The molecule has 30 heavy (non-hydrogen) atoms. The lowest BCUT2D eigenvalue weighted by atomic mass is 9.97. The number of rotatable bonds is 7. The molecular formula is C23H31N3O3S. The Balaban J connectivity index is 1.30. The molecule has 6 nitrogen and oxygen atoms in total. The van der Waals surface area contributed by atoms with E-state index >= 15 is 0 Å². The molecule has 0 bridgehead atoms. The number of sulfonamides is 1. The first-order valence-electron chi connectivity index (χ1n) is 10.8. The predicted octanol–water partition coefficient (Wildman–Crippen LogP) is 3.32. The average Bonchev–Trinajstić information content (AvgIpc) is 2.78. The highest BCUT2D eigenvalue weighted by Gasteiger charge is 2.24. The second-order valence-electron chi connectivity index (χ2n) is 8.03. The molecule has 2 aromatic rings. The molecule has 7 heteroatoms. The molecular weight excluding hydrogens is 398 g/mol. The zero-order valence-electron chi connectivity index (χ0n) is 17.5. The van der Waals surface area contributed by atoms with E-state index in [-0.39, 0.29) is 11.9 Å². The van der Waals surface area contributed by atoms with E-state index in [0.717, 1.165) is 51.2 Å². The van der Waals surface area contributed by atoms with Crippen LogP contribution in [-0.4, -0.2) is 46.5 Å². The van der Waals surface area contributed by atoms with E-state index in [4.69, 9.17) is 4.74 Å². The molecule has 0 aromatic heterocycles. The third-order valence-corrected chi connectivity index (χ3v) is 7.35. The number of nitrogens with zero attached hydrogens (tertiary/aromatic N) is 1. The summed E-state index contributed by atoms with van der Waals surface area (Å²) in [5.74, 6) is 0.0729. The highest BCUT2D eigenvalue weighted by molar-refractivity contribution is 7.92. The molecule has 2 aliphatic heterocycles. The highest BCUT2D eigenvalue weighted by Crippen LogP contribution is 2.27. The van der Waals surface area contributed by atoms with Crippen LogP contribution in [0.2, 0.25) is 0 Å². The Morgan fingerprint density at radius 2 is 1.90 bits per heavy atom. The van der Waals surface area contributed by atoms with Crippen LogP contribution in [0, 0.1) is 0 Å². The predicted molar refractivity (Wildman–Crippen MR) is 122 cm³/mol. The summed E-state index contributed by atoms with van der Waals surface area (Å²) in [6.07, 6.45) is 3.24. The maximum Gasteiger partial charge on any atom is 0.232 e. The minimum Gasteiger partial charge on any atom is -0.372 e. The Morgan fingerprint density at radius 1 is 1.10 bits per heavy atom. The lowest BCUT2D eigenvalue weighted by Crippen LogP contribution is -2.44. The van der Waals surface area contributed by atoms with E-state index in [1.807, 2.05) is 18.2 Å². The standard InChI is InChI=1S/C23H31N3O3S/c1-2-30(27,28)25-20-7-5-8-21(16-20)26-13-10-19(11-14-26)24-17-23-22-9-4-3-6-18(22)12-15-29-23/h3-9,16,19,23-25H,2,10-15,17H2,1H3/t23-/m1/s1. The summed E-state index contributed by atoms with van der Waals surface area (Å²) < 4.78 is 32.3. The summed E-state index contributed by atoms with van der Waals surface area (Å²) >= 11 is 0. The van der Waals surface area contributed by atoms with Gasteiger partial charge in [0.25, 0.3) is 0 Å². The molecule has 0 unspecified atom stereocenters. The van der Waals surface area contributed by atoms with Gasteiger partial charge in [-0.15, -0.1) is 0 Å². The van der Waals surface area contributed by atoms with Crippen molar-refractivity contribution < 1.29 is 13.2 Å². The molecule has 1 fully saturated rings. The topological polar surface area (TPSA) is 70.7 Å². The fourth-order valence-electron chi connectivity index (χ4n) is 4.28. The summed E-state index contributed by atoms with van der Waals surface area (Å²) in [5, 5.41) is 3.71. The number of anilines is 2. The van der Waals surface area contributed by atoms with Crippen LogP contribution in [0.25, 0.3) is 0 Å². The van der Waals surface area contributed by atoms with Crippen LogP contribution in [0.4, 0.5) is 11.4 Å². The van der Waals surface area contributed by atoms with Gasteiger partial charge in [-0.2, -0.15) is 0 Å². The largest absolute Gasteiger partial charge is 0.372 e. The van der Waals surface area contributed by atoms with E-state index in [9.17, 15) is 8.42 Å². The molecule has 162 valence electrons. The van der Waals surface area contributed by atoms with Crippen LogP contribution in [0.1, 0.15) is 37.0 Å². The number of ether oxygens (including phenoxy) is 1. The molecule has 0 aliphatic carbocycles. The van der Waals surface area contributed by atoms with E-state index in [2.05, 4.69) is 39.2 Å². The SMILES string of the molecule is CCS(=O)(=O)Nc1cccc(N2CCC(NC[C@H]3OCCc4ccccc43)CC2)c1. The lowest BCUT2D eigenvalue weighted by Gasteiger charge is -2.35. The molecule has 0 radical (unpaired) electrons. The quantitative estimate of drug-likeness (QED) is 0.707. The fraction of sp³-hybridized carbons (Fsp3) is 0.478. The van der Waals surface area contributed by atoms with Crippen molar-refractivity contribution in [3.8, 4) is 0 Å². The monoisotopic (exact) mass is 429 g/mol. The summed E-state index contributed by atoms with van der Waals surface area (Å²) in [4.78, 5) is 2.33. The van der Waals surface area contributed by atoms with Crippen LogP contribution in [0.3, 0.4) is 0 Å². The van der Waals surface area contributed by atoms with Gasteiger partial charge in [-0.05, 0) is 55.5 Å². The Kier molecular flexibility index (Phi) is 6.61. The molecule has 2 N–H and O–H groups in total. The maximum atomic E-state index is 11.8. The molecule has 4 rings (SSSR count). The molecule has 0 amide bonds. The van der Waals surface area contributed by atoms with Gasteiger partial charge in [-0.3, -0.25) is 4.72 Å². The minimum atomic E-state index is -3.26. The molecule has 1 saturated heterocycles. The summed E-state index contributed by atoms with van der Waals surface area (Å²) in [5.41, 5.74) is 4.42. The number of benzene rings is 2. The average molecular weight is 430 g/mol. The van der Waals surface area contributed by atoms with Gasteiger partial charge in [0.05, 0.1) is 24.2 Å². The molecule has 2 aromatic carbocycles. The van der Waals surface area contributed by atoms with Gasteiger partial charge in [0.2, 0.25) is 10.0 Å². The second-order valence-corrected chi connectivity index (χ2v) is 10.0. The maximum absolute atomic E-state index is 11.8. The third kappa shape index (κ3) is 5.14. The van der Waals surface area contributed by atoms with E-state index in [1.54, 1.807) is 13.0 Å². The molecule has 0 saturated carbocycles. The Morgan fingerprint density at radius 3 is 2.70 bits per heavy atom. The minimum absolute atomic E-state index is 0.0729. The van der Waals surface area contributed by atoms with Gasteiger partial charge < -0.3 is 15.0 Å². The van der Waals surface area contributed by atoms with E-state index < -0.39 is 10.0 Å². The van der Waals surface area contributed by atoms with Crippen molar-refractivity contribution in [3.63, 3.8) is 0 Å². The number of nitrogens with one attached hydrogen (secondary N) is 2. The zero-order valence-corrected chi connectivity index (χ0v) is 18.3. The Hall–Kier alpha value is -2.09. The van der Waals surface area contributed by atoms with Gasteiger partial charge in [0.1, 0.15) is 0 Å². The first-order valence-corrected chi connectivity index (χ1v) is 12.5. The zero-order chi connectivity index (χ0) is 21.0. The third-order valence-electron chi connectivity index (χ3n) is 6.04. The molecule has 0 spiro atoms. The normalized spacial score (nSPS) is 20.0. The van der Waals surface area contributed by atoms with Gasteiger partial charge in [-0.1, -0.05) is 30.3 Å². The number of hydrogen-bond acceptors (Lipinski definition) is 5. The van der Waals surface area contributed by atoms with Crippen molar-refractivity contribution >= 4 is 21.4 Å².